The predicted molar refractivity (Wildman–Crippen MR) is 121 cm³/mol. The van der Waals surface area contributed by atoms with Gasteiger partial charge < -0.3 is 16.0 Å². The van der Waals surface area contributed by atoms with Gasteiger partial charge in [-0.25, -0.2) is 0 Å². The summed E-state index contributed by atoms with van der Waals surface area (Å²) in [6.45, 7) is 4.17. The molecule has 4 nitrogen and oxygen atoms in total. The third kappa shape index (κ3) is 11.0. The highest BCUT2D eigenvalue weighted by atomic mass is 35.6. The van der Waals surface area contributed by atoms with E-state index in [2.05, 4.69) is 22.9 Å². The van der Waals surface area contributed by atoms with E-state index in [9.17, 15) is 4.79 Å². The summed E-state index contributed by atoms with van der Waals surface area (Å²) in [4.78, 5) is 12.2. The molecule has 1 amide bonds. The highest BCUT2D eigenvalue weighted by molar-refractivity contribution is 7.80. The molecule has 1 rings (SSSR count). The van der Waals surface area contributed by atoms with Gasteiger partial charge in [-0.1, -0.05) is 91.5 Å². The fourth-order valence-electron chi connectivity index (χ4n) is 2.43. The van der Waals surface area contributed by atoms with Crippen LogP contribution in [0, 0.1) is 6.92 Å². The molecule has 0 saturated heterocycles. The number of alkyl halides is 3. The fraction of sp³-hybridized carbons (Fsp3) is 0.579. The van der Waals surface area contributed by atoms with E-state index in [4.69, 9.17) is 47.0 Å². The average Bonchev–Trinajstić information content (AvgIpc) is 2.58. The Hall–Kier alpha value is -0.750. The molecule has 0 saturated carbocycles. The standard InChI is InChI=1S/C19H28Cl3N3OS/c1-3-4-5-6-7-8-9-16(26)24-17(19(20,21)22)25-18(27)23-15-12-10-14(2)11-13-15/h10-13,17H,3-9H2,1-2H3,(H,24,26)(H2,23,25,27). The Morgan fingerprint density at radius 2 is 1.63 bits per heavy atom. The summed E-state index contributed by atoms with van der Waals surface area (Å²) in [5, 5.41) is 8.84. The average molecular weight is 453 g/mol. The van der Waals surface area contributed by atoms with Crippen LogP contribution in [0.4, 0.5) is 5.69 Å². The second-order valence-electron chi connectivity index (χ2n) is 6.52. The van der Waals surface area contributed by atoms with Crippen molar-refractivity contribution in [2.45, 2.75) is 68.8 Å². The monoisotopic (exact) mass is 451 g/mol. The third-order valence-corrected chi connectivity index (χ3v) is 4.85. The summed E-state index contributed by atoms with van der Waals surface area (Å²) < 4.78 is -1.74. The van der Waals surface area contributed by atoms with Crippen molar-refractivity contribution in [1.82, 2.24) is 10.6 Å². The zero-order valence-electron chi connectivity index (χ0n) is 15.8. The lowest BCUT2D eigenvalue weighted by atomic mass is 10.1. The topological polar surface area (TPSA) is 53.2 Å². The van der Waals surface area contributed by atoms with Gasteiger partial charge in [-0.15, -0.1) is 0 Å². The number of unbranched alkanes of at least 4 members (excludes halogenated alkanes) is 5. The molecule has 0 aliphatic heterocycles. The van der Waals surface area contributed by atoms with E-state index in [-0.39, 0.29) is 11.0 Å². The number of carbonyl (C=O) groups excluding carboxylic acids is 1. The van der Waals surface area contributed by atoms with Gasteiger partial charge in [-0.2, -0.15) is 0 Å². The number of anilines is 1. The van der Waals surface area contributed by atoms with Crippen LogP contribution in [0.2, 0.25) is 0 Å². The van der Waals surface area contributed by atoms with Crippen LogP contribution in [0.5, 0.6) is 0 Å². The number of nitrogens with one attached hydrogen (secondary N) is 3. The Bertz CT molecular complexity index is 591. The summed E-state index contributed by atoms with van der Waals surface area (Å²) in [6.07, 6.45) is 6.07. The fourth-order valence-corrected chi connectivity index (χ4v) is 3.00. The molecule has 27 heavy (non-hydrogen) atoms. The first-order chi connectivity index (χ1) is 12.7. The maximum atomic E-state index is 12.2. The molecule has 1 unspecified atom stereocenters. The van der Waals surface area contributed by atoms with Gasteiger partial charge in [-0.05, 0) is 37.7 Å². The Balaban J connectivity index is 2.46. The van der Waals surface area contributed by atoms with Gasteiger partial charge in [0, 0.05) is 12.1 Å². The summed E-state index contributed by atoms with van der Waals surface area (Å²) >= 11 is 23.3. The van der Waals surface area contributed by atoms with E-state index in [1.807, 2.05) is 31.2 Å². The van der Waals surface area contributed by atoms with Crippen molar-refractivity contribution in [3.8, 4) is 0 Å². The highest BCUT2D eigenvalue weighted by Gasteiger charge is 2.34. The van der Waals surface area contributed by atoms with E-state index < -0.39 is 9.96 Å². The maximum Gasteiger partial charge on any atom is 0.228 e. The van der Waals surface area contributed by atoms with Crippen molar-refractivity contribution in [3.63, 3.8) is 0 Å². The quantitative estimate of drug-likeness (QED) is 0.180. The lowest BCUT2D eigenvalue weighted by Crippen LogP contribution is -2.56. The second kappa shape index (κ2) is 12.7. The number of halogens is 3. The van der Waals surface area contributed by atoms with Crippen LogP contribution in [-0.2, 0) is 4.79 Å². The maximum absolute atomic E-state index is 12.2. The van der Waals surface area contributed by atoms with Crippen molar-refractivity contribution < 1.29 is 4.79 Å². The Morgan fingerprint density at radius 3 is 2.22 bits per heavy atom. The van der Waals surface area contributed by atoms with Gasteiger partial charge in [0.25, 0.3) is 0 Å². The van der Waals surface area contributed by atoms with Crippen LogP contribution in [0.3, 0.4) is 0 Å². The van der Waals surface area contributed by atoms with Gasteiger partial charge in [0.15, 0.2) is 5.11 Å². The van der Waals surface area contributed by atoms with Crippen molar-refractivity contribution >= 4 is 63.7 Å². The molecule has 1 aromatic rings. The van der Waals surface area contributed by atoms with Gasteiger partial charge in [-0.3, -0.25) is 4.79 Å². The molecule has 0 heterocycles. The molecule has 0 aliphatic rings. The normalized spacial score (nSPS) is 12.3. The number of amides is 1. The van der Waals surface area contributed by atoms with E-state index in [1.54, 1.807) is 0 Å². The highest BCUT2D eigenvalue weighted by Crippen LogP contribution is 2.29. The molecular formula is C19H28Cl3N3OS. The zero-order valence-corrected chi connectivity index (χ0v) is 18.9. The molecule has 152 valence electrons. The lowest BCUT2D eigenvalue weighted by Gasteiger charge is -2.27. The summed E-state index contributed by atoms with van der Waals surface area (Å²) in [6, 6.07) is 7.70. The van der Waals surface area contributed by atoms with E-state index in [0.29, 0.717) is 6.42 Å². The van der Waals surface area contributed by atoms with Gasteiger partial charge in [0.2, 0.25) is 9.70 Å². The van der Waals surface area contributed by atoms with Gasteiger partial charge in [0.1, 0.15) is 6.17 Å². The molecule has 8 heteroatoms. The summed E-state index contributed by atoms with van der Waals surface area (Å²) in [7, 11) is 0. The number of benzene rings is 1. The Morgan fingerprint density at radius 1 is 1.04 bits per heavy atom. The summed E-state index contributed by atoms with van der Waals surface area (Å²) in [5.74, 6) is -0.174. The first kappa shape index (κ1) is 24.3. The van der Waals surface area contributed by atoms with Crippen LogP contribution in [0.15, 0.2) is 24.3 Å². The van der Waals surface area contributed by atoms with Crippen molar-refractivity contribution in [1.29, 1.82) is 0 Å². The van der Waals surface area contributed by atoms with Crippen LogP contribution in [-0.4, -0.2) is 21.0 Å². The van der Waals surface area contributed by atoms with Crippen LogP contribution < -0.4 is 16.0 Å². The molecule has 0 aliphatic carbocycles. The number of rotatable bonds is 10. The molecule has 1 aromatic carbocycles. The Labute approximate surface area is 182 Å². The van der Waals surface area contributed by atoms with Crippen molar-refractivity contribution in [2.75, 3.05) is 5.32 Å². The van der Waals surface area contributed by atoms with Crippen LogP contribution in [0.1, 0.15) is 57.4 Å². The second-order valence-corrected chi connectivity index (χ2v) is 9.30. The number of aryl methyl sites for hydroxylation is 1. The first-order valence-corrected chi connectivity index (χ1v) is 10.8. The van der Waals surface area contributed by atoms with E-state index in [1.165, 1.54) is 19.3 Å². The minimum absolute atomic E-state index is 0.174. The molecule has 0 aromatic heterocycles. The largest absolute Gasteiger partial charge is 0.339 e. The molecule has 0 bridgehead atoms. The minimum atomic E-state index is -1.74. The number of thiocarbonyl (C=S) groups is 1. The van der Waals surface area contributed by atoms with E-state index in [0.717, 1.165) is 30.5 Å². The van der Waals surface area contributed by atoms with Gasteiger partial charge in [0.05, 0.1) is 0 Å². The van der Waals surface area contributed by atoms with E-state index >= 15 is 0 Å². The number of hydrogen-bond acceptors (Lipinski definition) is 2. The van der Waals surface area contributed by atoms with Crippen LogP contribution >= 0.6 is 47.0 Å². The SMILES string of the molecule is CCCCCCCCC(=O)NC(NC(=S)Nc1ccc(C)cc1)C(Cl)(Cl)Cl. The zero-order chi connectivity index (χ0) is 20.3. The Kier molecular flexibility index (Phi) is 11.4. The molecule has 1 atom stereocenters. The van der Waals surface area contributed by atoms with Crippen molar-refractivity contribution in [2.24, 2.45) is 0 Å². The van der Waals surface area contributed by atoms with Gasteiger partial charge >= 0.3 is 0 Å². The molecule has 0 fully saturated rings. The van der Waals surface area contributed by atoms with Crippen molar-refractivity contribution in [3.05, 3.63) is 29.8 Å². The smallest absolute Gasteiger partial charge is 0.228 e. The lowest BCUT2D eigenvalue weighted by molar-refractivity contribution is -0.122. The van der Waals surface area contributed by atoms with Crippen LogP contribution in [0.25, 0.3) is 0 Å². The molecular weight excluding hydrogens is 425 g/mol. The molecule has 3 N–H and O–H groups in total. The molecule has 0 spiro atoms. The minimum Gasteiger partial charge on any atom is -0.339 e. The summed E-state index contributed by atoms with van der Waals surface area (Å²) in [5.41, 5.74) is 1.94. The number of carbonyl (C=O) groups is 1. The first-order valence-electron chi connectivity index (χ1n) is 9.22. The molecule has 0 radical (unpaired) electrons. The third-order valence-electron chi connectivity index (χ3n) is 3.97. The number of hydrogen-bond donors (Lipinski definition) is 3. The predicted octanol–water partition coefficient (Wildman–Crippen LogP) is 5.84.